The van der Waals surface area contributed by atoms with E-state index >= 15 is 0 Å². The summed E-state index contributed by atoms with van der Waals surface area (Å²) in [4.78, 5) is 12.4. The molecule has 0 aliphatic rings. The first kappa shape index (κ1) is 40.6. The summed E-state index contributed by atoms with van der Waals surface area (Å²) in [5, 5.41) is 32.8. The predicted octanol–water partition coefficient (Wildman–Crippen LogP) is 9.26. The van der Waals surface area contributed by atoms with Crippen molar-refractivity contribution in [3.63, 3.8) is 0 Å². The van der Waals surface area contributed by atoms with Crippen LogP contribution in [0.3, 0.4) is 0 Å². The van der Waals surface area contributed by atoms with Crippen LogP contribution in [0.25, 0.3) is 0 Å². The average Bonchev–Trinajstić information content (AvgIpc) is 2.99. The van der Waals surface area contributed by atoms with E-state index in [1.807, 2.05) is 6.08 Å². The van der Waals surface area contributed by atoms with Gasteiger partial charge in [-0.15, -0.1) is 0 Å². The van der Waals surface area contributed by atoms with Crippen LogP contribution in [-0.2, 0) is 4.79 Å². The maximum Gasteiger partial charge on any atom is 0.249 e. The number of allylic oxidation sites excluding steroid dienone is 5. The van der Waals surface area contributed by atoms with Gasteiger partial charge in [-0.25, -0.2) is 0 Å². The van der Waals surface area contributed by atoms with Gasteiger partial charge in [-0.05, 0) is 57.8 Å². The Hall–Kier alpha value is -1.43. The largest absolute Gasteiger partial charge is 0.394 e. The van der Waals surface area contributed by atoms with Crippen molar-refractivity contribution in [1.29, 1.82) is 0 Å². The van der Waals surface area contributed by atoms with Crippen molar-refractivity contribution in [3.05, 3.63) is 36.5 Å². The van der Waals surface area contributed by atoms with Gasteiger partial charge in [-0.2, -0.15) is 0 Å². The van der Waals surface area contributed by atoms with Crippen LogP contribution in [0, 0.1) is 0 Å². The Labute approximate surface area is 260 Å². The van der Waals surface area contributed by atoms with Gasteiger partial charge in [0.1, 0.15) is 6.10 Å². The fourth-order valence-corrected chi connectivity index (χ4v) is 5.07. The van der Waals surface area contributed by atoms with Crippen molar-refractivity contribution in [2.75, 3.05) is 6.61 Å². The third kappa shape index (κ3) is 27.4. The fourth-order valence-electron chi connectivity index (χ4n) is 5.07. The molecule has 5 nitrogen and oxygen atoms in total. The molecule has 0 rings (SSSR count). The maximum atomic E-state index is 12.4. The predicted molar refractivity (Wildman–Crippen MR) is 181 cm³/mol. The molecule has 1 amide bonds. The number of amides is 1. The van der Waals surface area contributed by atoms with Gasteiger partial charge in [0.05, 0.1) is 18.8 Å². The van der Waals surface area contributed by atoms with E-state index in [1.165, 1.54) is 103 Å². The highest BCUT2D eigenvalue weighted by molar-refractivity contribution is 5.80. The summed E-state index contributed by atoms with van der Waals surface area (Å²) in [5.41, 5.74) is 0. The quantitative estimate of drug-likeness (QED) is 0.0478. The van der Waals surface area contributed by atoms with E-state index in [0.717, 1.165) is 44.9 Å². The van der Waals surface area contributed by atoms with Gasteiger partial charge < -0.3 is 20.6 Å². The monoisotopic (exact) mass is 592 g/mol. The van der Waals surface area contributed by atoms with E-state index in [1.54, 1.807) is 6.08 Å². The number of carbonyl (C=O) groups excluding carboxylic acids is 1. The number of rotatable bonds is 31. The van der Waals surface area contributed by atoms with Crippen LogP contribution in [0.15, 0.2) is 36.5 Å². The van der Waals surface area contributed by atoms with Crippen LogP contribution >= 0.6 is 0 Å². The van der Waals surface area contributed by atoms with Crippen molar-refractivity contribution in [2.45, 2.75) is 186 Å². The zero-order chi connectivity index (χ0) is 30.9. The number of aliphatic hydroxyl groups is 3. The third-order valence-corrected chi connectivity index (χ3v) is 7.95. The number of carbonyl (C=O) groups is 1. The Bertz CT molecular complexity index is 660. The summed E-state index contributed by atoms with van der Waals surface area (Å²) in [5.74, 6) is -0.521. The highest BCUT2D eigenvalue weighted by Crippen LogP contribution is 2.12. The molecule has 0 aromatic carbocycles. The van der Waals surface area contributed by atoms with Crippen LogP contribution in [0.4, 0.5) is 0 Å². The summed E-state index contributed by atoms with van der Waals surface area (Å²) in [6.45, 7) is 4.12. The number of aliphatic hydroxyl groups excluding tert-OH is 3. The van der Waals surface area contributed by atoms with E-state index in [4.69, 9.17) is 0 Å². The number of nitrogens with one attached hydrogen (secondary N) is 1. The molecule has 3 unspecified atom stereocenters. The molecule has 0 radical (unpaired) electrons. The molecule has 0 aromatic rings. The number of hydrogen-bond donors (Lipinski definition) is 4. The first-order chi connectivity index (χ1) is 20.6. The molecule has 0 aliphatic heterocycles. The van der Waals surface area contributed by atoms with E-state index in [9.17, 15) is 20.1 Å². The molecular formula is C37H69NO4. The van der Waals surface area contributed by atoms with E-state index in [0.29, 0.717) is 6.42 Å². The van der Waals surface area contributed by atoms with Crippen molar-refractivity contribution < 1.29 is 20.1 Å². The molecule has 0 saturated heterocycles. The van der Waals surface area contributed by atoms with Gasteiger partial charge in [0.15, 0.2) is 0 Å². The van der Waals surface area contributed by atoms with E-state index < -0.39 is 24.2 Å². The van der Waals surface area contributed by atoms with Crippen LogP contribution < -0.4 is 5.32 Å². The second-order valence-corrected chi connectivity index (χ2v) is 12.1. The van der Waals surface area contributed by atoms with E-state index in [-0.39, 0.29) is 6.61 Å². The fraction of sp³-hybridized carbons (Fsp3) is 0.811. The topological polar surface area (TPSA) is 89.8 Å². The van der Waals surface area contributed by atoms with Crippen molar-refractivity contribution >= 4 is 5.91 Å². The zero-order valence-electron chi connectivity index (χ0n) is 27.6. The Kier molecular flexibility index (Phi) is 31.4. The second kappa shape index (κ2) is 32.5. The Balaban J connectivity index is 3.81. The minimum atomic E-state index is -1.11. The zero-order valence-corrected chi connectivity index (χ0v) is 27.6. The summed E-state index contributed by atoms with van der Waals surface area (Å²) in [6, 6.07) is -0.813. The van der Waals surface area contributed by atoms with Crippen LogP contribution in [0.1, 0.15) is 168 Å². The van der Waals surface area contributed by atoms with Crippen molar-refractivity contribution in [3.8, 4) is 0 Å². The standard InChI is InChI=1S/C37H69NO4/c1-3-5-7-9-11-13-15-17-18-19-20-22-24-26-28-30-32-36(41)37(42)38-34(33-39)35(40)31-29-27-25-23-21-16-14-12-10-8-6-4-2/h17-18,21,23,29,31,34-36,39-41H,3-16,19-20,22,24-28,30,32-33H2,1-2H3,(H,38,42)/b18-17-,23-21+,31-29+. The normalized spacial score (nSPS) is 14.3. The van der Waals surface area contributed by atoms with Gasteiger partial charge in [-0.1, -0.05) is 147 Å². The molecular weight excluding hydrogens is 522 g/mol. The Morgan fingerprint density at radius 1 is 0.571 bits per heavy atom. The molecule has 0 aliphatic carbocycles. The molecule has 0 saturated carbocycles. The van der Waals surface area contributed by atoms with Crippen molar-refractivity contribution in [1.82, 2.24) is 5.32 Å². The first-order valence-corrected chi connectivity index (χ1v) is 17.8. The lowest BCUT2D eigenvalue weighted by Gasteiger charge is -2.21. The Morgan fingerprint density at radius 3 is 1.45 bits per heavy atom. The lowest BCUT2D eigenvalue weighted by atomic mass is 10.0. The average molecular weight is 592 g/mol. The second-order valence-electron chi connectivity index (χ2n) is 12.1. The molecule has 246 valence electrons. The summed E-state index contributed by atoms with van der Waals surface area (Å²) < 4.78 is 0. The minimum Gasteiger partial charge on any atom is -0.394 e. The van der Waals surface area contributed by atoms with Crippen molar-refractivity contribution in [2.24, 2.45) is 0 Å². The first-order valence-electron chi connectivity index (χ1n) is 17.8. The molecule has 0 fully saturated rings. The molecule has 0 spiro atoms. The summed E-state index contributed by atoms with van der Waals surface area (Å²) in [6.07, 6.45) is 38.7. The molecule has 5 heteroatoms. The molecule has 3 atom stereocenters. The molecule has 0 bridgehead atoms. The van der Waals surface area contributed by atoms with Crippen LogP contribution in [0.2, 0.25) is 0 Å². The molecule has 42 heavy (non-hydrogen) atoms. The van der Waals surface area contributed by atoms with Gasteiger partial charge in [-0.3, -0.25) is 4.79 Å². The smallest absolute Gasteiger partial charge is 0.249 e. The SMILES string of the molecule is CCCCCCCC/C=C\CCCCCCCCC(O)C(=O)NC(CO)C(O)/C=C/CC/C=C/CCCCCCCC. The van der Waals surface area contributed by atoms with E-state index in [2.05, 4.69) is 43.5 Å². The van der Waals surface area contributed by atoms with Crippen LogP contribution in [0.5, 0.6) is 0 Å². The van der Waals surface area contributed by atoms with Gasteiger partial charge in [0.2, 0.25) is 5.91 Å². The highest BCUT2D eigenvalue weighted by Gasteiger charge is 2.22. The van der Waals surface area contributed by atoms with Gasteiger partial charge in [0, 0.05) is 0 Å². The maximum absolute atomic E-state index is 12.4. The number of unbranched alkanes of at least 4 members (excludes halogenated alkanes) is 19. The van der Waals surface area contributed by atoms with Crippen LogP contribution in [-0.4, -0.2) is 46.1 Å². The van der Waals surface area contributed by atoms with Gasteiger partial charge in [0.25, 0.3) is 0 Å². The number of hydrogen-bond acceptors (Lipinski definition) is 4. The molecule has 0 aromatic heterocycles. The highest BCUT2D eigenvalue weighted by atomic mass is 16.3. The minimum absolute atomic E-state index is 0.379. The molecule has 0 heterocycles. The lowest BCUT2D eigenvalue weighted by molar-refractivity contribution is -0.131. The third-order valence-electron chi connectivity index (χ3n) is 7.95. The summed E-state index contributed by atoms with van der Waals surface area (Å²) >= 11 is 0. The molecule has 4 N–H and O–H groups in total. The lowest BCUT2D eigenvalue weighted by Crippen LogP contribution is -2.48. The van der Waals surface area contributed by atoms with Gasteiger partial charge >= 0.3 is 0 Å². The summed E-state index contributed by atoms with van der Waals surface area (Å²) in [7, 11) is 0. The Morgan fingerprint density at radius 2 is 0.976 bits per heavy atom.